The fraction of sp³-hybridized carbons (Fsp3) is 0.519. The molecule has 0 fully saturated rings. The molecule has 0 unspecified atom stereocenters. The van der Waals surface area contributed by atoms with Crippen molar-refractivity contribution in [3.05, 3.63) is 65.9 Å². The van der Waals surface area contributed by atoms with Crippen LogP contribution in [0.4, 0.5) is 0 Å². The van der Waals surface area contributed by atoms with Crippen molar-refractivity contribution in [1.82, 2.24) is 52.8 Å². The van der Waals surface area contributed by atoms with Gasteiger partial charge in [-0.15, -0.1) is 0 Å². The molecule has 0 radical (unpaired) electrons. The molecular weight excluding hydrogens is 1180 g/mol. The van der Waals surface area contributed by atoms with Crippen LogP contribution in [-0.4, -0.2) is 194 Å². The molecule has 0 saturated carbocycles. The molecule has 0 aliphatic rings. The van der Waals surface area contributed by atoms with Crippen LogP contribution in [0.25, 0.3) is 10.9 Å². The highest BCUT2D eigenvalue weighted by Gasteiger charge is 2.36. The number of rotatable bonds is 38. The second-order valence-corrected chi connectivity index (χ2v) is 21.9. The van der Waals surface area contributed by atoms with Crippen molar-refractivity contribution >= 4 is 119 Å². The summed E-state index contributed by atoms with van der Waals surface area (Å²) in [6, 6.07) is -0.202. The first-order valence-corrected chi connectivity index (χ1v) is 30.1. The van der Waals surface area contributed by atoms with Gasteiger partial charge >= 0.3 is 11.9 Å². The second-order valence-electron chi connectivity index (χ2n) is 20.1. The summed E-state index contributed by atoms with van der Waals surface area (Å²) in [5.41, 5.74) is 18.7. The van der Waals surface area contributed by atoms with E-state index in [1.165, 1.54) is 36.0 Å². The summed E-state index contributed by atoms with van der Waals surface area (Å²) in [5, 5.41) is 63.0. The summed E-state index contributed by atoms with van der Waals surface area (Å²) < 4.78 is 0. The number of aromatic nitrogens is 1. The van der Waals surface area contributed by atoms with E-state index in [4.69, 9.17) is 17.2 Å². The smallest absolute Gasteiger partial charge is 0.327 e. The molecule has 0 saturated heterocycles. The SMILES string of the molecule is CC[C@H](C)[C@H](NC(=O)[C@H](CCSC)NC(=O)[C@H](CCCN=C(N)N)NC(=O)CNC(=O)[C@H](CCC(=O)O)NC(=O)[C@@H](NC(=O)[C@H](Cc1ccc(O)cc1)NC(=O)[C@H](Cc1c[nH]c2ccccc12)NC(=O)[C@@H](N)CS)[C@@H](C)O)C(=O)N[C@@H](CS)C(=O)O. The van der Waals surface area contributed by atoms with Crippen LogP contribution in [0.15, 0.2) is 59.7 Å². The number of nitrogens with two attached hydrogens (primary N) is 3. The van der Waals surface area contributed by atoms with E-state index in [9.17, 15) is 73.2 Å². The topological polar surface area (TPSA) is 483 Å². The van der Waals surface area contributed by atoms with Crippen molar-refractivity contribution in [3.8, 4) is 5.75 Å². The van der Waals surface area contributed by atoms with Gasteiger partial charge in [0.15, 0.2) is 5.96 Å². The number of amides is 9. The average Bonchev–Trinajstić information content (AvgIpc) is 2.91. The summed E-state index contributed by atoms with van der Waals surface area (Å²) >= 11 is 9.42. The molecular formula is C54H80N14O15S3. The number of nitrogens with one attached hydrogen (secondary N) is 10. The van der Waals surface area contributed by atoms with Crippen LogP contribution in [0.1, 0.15) is 70.4 Å². The summed E-state index contributed by atoms with van der Waals surface area (Å²) in [6.07, 6.45) is 0.406. The number of nitrogens with zero attached hydrogens (tertiary/aromatic N) is 1. The van der Waals surface area contributed by atoms with E-state index < -0.39 is 151 Å². The van der Waals surface area contributed by atoms with Gasteiger partial charge in [-0.25, -0.2) is 4.79 Å². The van der Waals surface area contributed by atoms with E-state index in [-0.39, 0.29) is 61.9 Å². The molecule has 20 N–H and O–H groups in total. The number of guanidine groups is 1. The van der Waals surface area contributed by atoms with Crippen molar-refractivity contribution in [2.75, 3.05) is 36.6 Å². The number of carboxylic acid groups (broad SMARTS) is 2. The first-order chi connectivity index (χ1) is 40.7. The summed E-state index contributed by atoms with van der Waals surface area (Å²) in [5.74, 6) is -12.0. The quantitative estimate of drug-likeness (QED) is 0.0118. The number of aliphatic hydroxyl groups is 1. The van der Waals surface area contributed by atoms with Gasteiger partial charge in [-0.05, 0) is 79.9 Å². The van der Waals surface area contributed by atoms with E-state index in [2.05, 4.69) is 83.1 Å². The Kier molecular flexibility index (Phi) is 31.1. The maximum atomic E-state index is 14.3. The van der Waals surface area contributed by atoms with Gasteiger partial charge in [0.2, 0.25) is 53.2 Å². The molecule has 0 aliphatic carbocycles. The summed E-state index contributed by atoms with van der Waals surface area (Å²) in [6.45, 7) is 3.66. The zero-order valence-corrected chi connectivity index (χ0v) is 50.6. The number of aliphatic imine (C=N–C) groups is 1. The van der Waals surface area contributed by atoms with Gasteiger partial charge in [0.25, 0.3) is 0 Å². The van der Waals surface area contributed by atoms with Crippen LogP contribution in [0.2, 0.25) is 0 Å². The molecule has 3 rings (SSSR count). The van der Waals surface area contributed by atoms with Crippen LogP contribution in [0, 0.1) is 5.92 Å². The Bertz CT molecular complexity index is 2840. The second kappa shape index (κ2) is 36.9. The minimum atomic E-state index is -1.89. The van der Waals surface area contributed by atoms with Crippen molar-refractivity contribution in [2.24, 2.45) is 28.1 Å². The lowest BCUT2D eigenvalue weighted by Gasteiger charge is -2.28. The van der Waals surface area contributed by atoms with E-state index in [0.29, 0.717) is 23.3 Å². The Morgan fingerprint density at radius 3 is 1.80 bits per heavy atom. The Morgan fingerprint density at radius 1 is 0.651 bits per heavy atom. The van der Waals surface area contributed by atoms with E-state index in [1.54, 1.807) is 50.6 Å². The molecule has 0 bridgehead atoms. The molecule has 0 spiro atoms. The third kappa shape index (κ3) is 24.3. The number of para-hydroxylation sites is 1. The molecule has 86 heavy (non-hydrogen) atoms. The Labute approximate surface area is 511 Å². The molecule has 0 aliphatic heterocycles. The predicted molar refractivity (Wildman–Crippen MR) is 327 cm³/mol. The molecule has 1 heterocycles. The maximum Gasteiger partial charge on any atom is 0.327 e. The maximum absolute atomic E-state index is 14.3. The Hall–Kier alpha value is -7.81. The van der Waals surface area contributed by atoms with Crippen molar-refractivity contribution < 1.29 is 73.2 Å². The monoisotopic (exact) mass is 1260 g/mol. The van der Waals surface area contributed by atoms with E-state index in [0.717, 1.165) is 17.8 Å². The predicted octanol–water partition coefficient (Wildman–Crippen LogP) is -2.98. The van der Waals surface area contributed by atoms with Gasteiger partial charge in [0.1, 0.15) is 54.1 Å². The first kappa shape index (κ1) is 72.4. The molecule has 2 aromatic carbocycles. The molecule has 29 nitrogen and oxygen atoms in total. The molecule has 9 amide bonds. The van der Waals surface area contributed by atoms with Gasteiger partial charge < -0.3 is 90.5 Å². The van der Waals surface area contributed by atoms with E-state index >= 15 is 0 Å². The molecule has 474 valence electrons. The number of aromatic amines is 1. The zero-order chi connectivity index (χ0) is 64.2. The number of hydrogen-bond donors (Lipinski definition) is 19. The first-order valence-electron chi connectivity index (χ1n) is 27.4. The largest absolute Gasteiger partial charge is 0.508 e. The van der Waals surface area contributed by atoms with Gasteiger partial charge in [-0.1, -0.05) is 50.6 Å². The van der Waals surface area contributed by atoms with Gasteiger partial charge in [-0.2, -0.15) is 37.0 Å². The average molecular weight is 1260 g/mol. The lowest BCUT2D eigenvalue weighted by atomic mass is 9.97. The van der Waals surface area contributed by atoms with Crippen molar-refractivity contribution in [2.45, 2.75) is 133 Å². The number of benzene rings is 2. The minimum absolute atomic E-state index is 0.00379. The van der Waals surface area contributed by atoms with E-state index in [1.807, 2.05) is 0 Å². The number of aliphatic carboxylic acids is 2. The van der Waals surface area contributed by atoms with Gasteiger partial charge in [-0.3, -0.25) is 52.9 Å². The number of thioether (sulfide) groups is 1. The van der Waals surface area contributed by atoms with Crippen LogP contribution < -0.4 is 65.1 Å². The third-order valence-corrected chi connectivity index (χ3v) is 14.9. The van der Waals surface area contributed by atoms with Crippen LogP contribution in [0.3, 0.4) is 0 Å². The number of aromatic hydroxyl groups is 1. The van der Waals surface area contributed by atoms with Crippen LogP contribution in [0.5, 0.6) is 5.75 Å². The molecule has 11 atom stereocenters. The Morgan fingerprint density at radius 2 is 1.20 bits per heavy atom. The number of carbonyl (C=O) groups excluding carboxylic acids is 9. The molecule has 1 aromatic heterocycles. The number of carbonyl (C=O) groups is 11. The number of phenolic OH excluding ortho intramolecular Hbond substituents is 1. The number of thiol groups is 2. The number of aliphatic hydroxyl groups excluding tert-OH is 1. The lowest BCUT2D eigenvalue weighted by Crippen LogP contribution is -2.61. The Balaban J connectivity index is 1.87. The van der Waals surface area contributed by atoms with Crippen molar-refractivity contribution in [1.29, 1.82) is 0 Å². The standard InChI is InChI=1S/C54H80N14O15S3/c1-5-27(2)43(51(80)66-40(26-85)53(82)83)67-48(77)37(18-20-86-4)62-47(76)35(11-8-19-58-54(56)57)61-41(71)24-60-46(75)36(16-17-42(72)73)63-52(81)44(28(3)69)68-50(79)38(21-29-12-14-31(70)15-13-29)65-49(78)39(64-45(74)33(55)25-84)22-30-23-59-34-10-7-6-9-32(30)34/h6-7,9-10,12-15,23,27-28,33,35-40,43-44,59,69-70,84-85H,5,8,11,16-22,24-26,55H2,1-4H3,(H,60,75)(H,61,71)(H,62,76)(H,63,81)(H,64,74)(H,65,78)(H,66,80)(H,67,77)(H,68,79)(H,72,73)(H,82,83)(H4,56,57,58)/t27-,28+,33-,35-,36-,37-,38-,39-,40-,43-,44-/m0/s1. The van der Waals surface area contributed by atoms with Crippen molar-refractivity contribution in [3.63, 3.8) is 0 Å². The lowest BCUT2D eigenvalue weighted by molar-refractivity contribution is -0.142. The molecule has 32 heteroatoms. The number of fused-ring (bicyclic) bond motifs is 1. The number of carboxylic acids is 2. The third-order valence-electron chi connectivity index (χ3n) is 13.5. The summed E-state index contributed by atoms with van der Waals surface area (Å²) in [7, 11) is 0. The normalized spacial score (nSPS) is 14.9. The highest BCUT2D eigenvalue weighted by molar-refractivity contribution is 7.98. The van der Waals surface area contributed by atoms with Crippen LogP contribution in [-0.2, 0) is 65.6 Å². The molecule has 3 aromatic rings. The number of H-pyrrole nitrogens is 1. The van der Waals surface area contributed by atoms with Gasteiger partial charge in [0.05, 0.1) is 18.7 Å². The van der Waals surface area contributed by atoms with Crippen LogP contribution >= 0.6 is 37.0 Å². The zero-order valence-electron chi connectivity index (χ0n) is 48.0. The fourth-order valence-corrected chi connectivity index (χ4v) is 9.27. The highest BCUT2D eigenvalue weighted by atomic mass is 32.2. The van der Waals surface area contributed by atoms with Gasteiger partial charge in [0, 0.05) is 54.4 Å². The fourth-order valence-electron chi connectivity index (χ4n) is 8.39. The summed E-state index contributed by atoms with van der Waals surface area (Å²) in [4.78, 5) is 155. The highest BCUT2D eigenvalue weighted by Crippen LogP contribution is 2.20. The minimum Gasteiger partial charge on any atom is -0.508 e. The number of hydrogen-bond acceptors (Lipinski definition) is 18. The number of phenols is 1.